The van der Waals surface area contributed by atoms with Crippen LogP contribution in [0.4, 0.5) is 0 Å². The summed E-state index contributed by atoms with van der Waals surface area (Å²) in [6.07, 6.45) is 0.211. The topological polar surface area (TPSA) is 88.5 Å². The van der Waals surface area contributed by atoms with Gasteiger partial charge in [-0.3, -0.25) is 9.59 Å². The van der Waals surface area contributed by atoms with Crippen molar-refractivity contribution in [2.45, 2.75) is 6.42 Å². The molecule has 0 aliphatic carbocycles. The van der Waals surface area contributed by atoms with Crippen molar-refractivity contribution in [3.05, 3.63) is 48.5 Å². The molecule has 0 spiro atoms. The van der Waals surface area contributed by atoms with Crippen molar-refractivity contribution in [1.29, 1.82) is 0 Å². The van der Waals surface area contributed by atoms with E-state index in [1.807, 2.05) is 0 Å². The second-order valence-electron chi connectivity index (χ2n) is 6.79. The number of phenolic OH excluding ortho intramolecular Hbond substituents is 1. The Hall–Kier alpha value is -3.42. The fourth-order valence-corrected chi connectivity index (χ4v) is 3.10. The number of carbonyl (C=O) groups is 2. The Morgan fingerprint density at radius 3 is 2.10 bits per heavy atom. The van der Waals surface area contributed by atoms with E-state index in [-0.39, 0.29) is 37.2 Å². The van der Waals surface area contributed by atoms with Gasteiger partial charge < -0.3 is 29.1 Å². The molecular weight excluding hydrogens is 388 g/mol. The number of para-hydroxylation sites is 2. The van der Waals surface area contributed by atoms with Crippen LogP contribution in [0.5, 0.6) is 23.0 Å². The van der Waals surface area contributed by atoms with E-state index in [9.17, 15) is 14.7 Å². The van der Waals surface area contributed by atoms with Crippen molar-refractivity contribution < 1.29 is 28.9 Å². The van der Waals surface area contributed by atoms with E-state index in [4.69, 9.17) is 14.2 Å². The Labute approximate surface area is 175 Å². The van der Waals surface area contributed by atoms with E-state index >= 15 is 0 Å². The summed E-state index contributed by atoms with van der Waals surface area (Å²) in [7, 11) is 1.59. The van der Waals surface area contributed by atoms with E-state index in [0.29, 0.717) is 37.7 Å². The molecule has 8 nitrogen and oxygen atoms in total. The molecule has 1 aliphatic rings. The van der Waals surface area contributed by atoms with Crippen LogP contribution in [0.15, 0.2) is 48.5 Å². The van der Waals surface area contributed by atoms with Gasteiger partial charge in [0.1, 0.15) is 11.5 Å². The lowest BCUT2D eigenvalue weighted by Gasteiger charge is -2.34. The van der Waals surface area contributed by atoms with E-state index < -0.39 is 0 Å². The van der Waals surface area contributed by atoms with Crippen molar-refractivity contribution in [3.8, 4) is 23.0 Å². The Balaban J connectivity index is 1.36. The van der Waals surface area contributed by atoms with Crippen LogP contribution in [-0.2, 0) is 9.59 Å². The van der Waals surface area contributed by atoms with Gasteiger partial charge in [0, 0.05) is 26.2 Å². The van der Waals surface area contributed by atoms with Gasteiger partial charge in [-0.25, -0.2) is 0 Å². The molecule has 0 radical (unpaired) electrons. The Kier molecular flexibility index (Phi) is 7.37. The zero-order valence-corrected chi connectivity index (χ0v) is 17.0. The normalized spacial score (nSPS) is 13.6. The summed E-state index contributed by atoms with van der Waals surface area (Å²) < 4.78 is 16.1. The lowest BCUT2D eigenvalue weighted by molar-refractivity contribution is -0.141. The highest BCUT2D eigenvalue weighted by Gasteiger charge is 2.24. The van der Waals surface area contributed by atoms with Gasteiger partial charge in [0.2, 0.25) is 5.91 Å². The molecule has 1 heterocycles. The number of aromatic hydroxyl groups is 1. The lowest BCUT2D eigenvalue weighted by Crippen LogP contribution is -2.51. The molecule has 2 aromatic rings. The van der Waals surface area contributed by atoms with Gasteiger partial charge in [-0.05, 0) is 36.4 Å². The first-order chi connectivity index (χ1) is 14.6. The van der Waals surface area contributed by atoms with Crippen molar-refractivity contribution in [1.82, 2.24) is 9.80 Å². The zero-order valence-electron chi connectivity index (χ0n) is 17.0. The smallest absolute Gasteiger partial charge is 0.260 e. The minimum atomic E-state index is -0.110. The zero-order chi connectivity index (χ0) is 21.3. The monoisotopic (exact) mass is 414 g/mol. The van der Waals surface area contributed by atoms with Crippen LogP contribution in [0.25, 0.3) is 0 Å². The summed E-state index contributed by atoms with van der Waals surface area (Å²) >= 11 is 0. The van der Waals surface area contributed by atoms with Crippen molar-refractivity contribution in [2.75, 3.05) is 46.5 Å². The number of nitrogens with zero attached hydrogens (tertiary/aromatic N) is 2. The van der Waals surface area contributed by atoms with E-state index in [0.717, 1.165) is 5.75 Å². The third kappa shape index (κ3) is 5.79. The molecule has 0 unspecified atom stereocenters. The van der Waals surface area contributed by atoms with Gasteiger partial charge in [0.05, 0.1) is 20.1 Å². The predicted octanol–water partition coefficient (Wildman–Crippen LogP) is 1.92. The average molecular weight is 414 g/mol. The summed E-state index contributed by atoms with van der Waals surface area (Å²) in [6.45, 7) is 2.03. The fourth-order valence-electron chi connectivity index (χ4n) is 3.10. The van der Waals surface area contributed by atoms with Crippen molar-refractivity contribution in [3.63, 3.8) is 0 Å². The molecule has 0 saturated carbocycles. The molecule has 8 heteroatoms. The number of carbonyl (C=O) groups excluding carboxylic acids is 2. The molecular formula is C22H26N2O6. The number of rotatable bonds is 8. The van der Waals surface area contributed by atoms with Crippen LogP contribution in [0.2, 0.25) is 0 Å². The van der Waals surface area contributed by atoms with Crippen molar-refractivity contribution in [2.24, 2.45) is 0 Å². The number of methoxy groups -OCH3 is 1. The van der Waals surface area contributed by atoms with Crippen LogP contribution in [0.3, 0.4) is 0 Å². The van der Waals surface area contributed by atoms with Gasteiger partial charge in [0.15, 0.2) is 18.1 Å². The van der Waals surface area contributed by atoms with E-state index in [1.54, 1.807) is 59.4 Å². The molecule has 1 fully saturated rings. The van der Waals surface area contributed by atoms with Gasteiger partial charge in [0.25, 0.3) is 5.91 Å². The second-order valence-corrected chi connectivity index (χ2v) is 6.79. The highest BCUT2D eigenvalue weighted by Crippen LogP contribution is 2.24. The molecule has 1 saturated heterocycles. The Morgan fingerprint density at radius 1 is 0.867 bits per heavy atom. The highest BCUT2D eigenvalue weighted by molar-refractivity contribution is 5.79. The molecule has 2 amide bonds. The lowest BCUT2D eigenvalue weighted by atomic mass is 10.2. The summed E-state index contributed by atoms with van der Waals surface area (Å²) in [6, 6.07) is 13.7. The molecule has 3 rings (SSSR count). The first-order valence-corrected chi connectivity index (χ1v) is 9.80. The quantitative estimate of drug-likeness (QED) is 0.710. The van der Waals surface area contributed by atoms with Gasteiger partial charge >= 0.3 is 0 Å². The maximum absolute atomic E-state index is 12.4. The molecule has 0 bridgehead atoms. The molecule has 0 atom stereocenters. The third-order valence-corrected chi connectivity index (χ3v) is 4.85. The Bertz CT molecular complexity index is 847. The number of phenols is 1. The Morgan fingerprint density at radius 2 is 1.47 bits per heavy atom. The van der Waals surface area contributed by atoms with Gasteiger partial charge in [-0.15, -0.1) is 0 Å². The molecule has 2 aromatic carbocycles. The molecule has 30 heavy (non-hydrogen) atoms. The maximum Gasteiger partial charge on any atom is 0.260 e. The summed E-state index contributed by atoms with van der Waals surface area (Å²) in [5, 5.41) is 9.67. The molecule has 1 aliphatic heterocycles. The van der Waals surface area contributed by atoms with E-state index in [1.165, 1.54) is 6.07 Å². The minimum Gasteiger partial charge on any atom is -0.504 e. The first-order valence-electron chi connectivity index (χ1n) is 9.80. The fraction of sp³-hybridized carbons (Fsp3) is 0.364. The summed E-state index contributed by atoms with van der Waals surface area (Å²) in [5.74, 6) is 1.59. The van der Waals surface area contributed by atoms with Crippen LogP contribution < -0.4 is 14.2 Å². The summed E-state index contributed by atoms with van der Waals surface area (Å²) in [5.41, 5.74) is 0. The molecule has 0 aromatic heterocycles. The average Bonchev–Trinajstić information content (AvgIpc) is 2.79. The number of piperazine rings is 1. The number of benzene rings is 2. The predicted molar refractivity (Wildman–Crippen MR) is 110 cm³/mol. The largest absolute Gasteiger partial charge is 0.504 e. The van der Waals surface area contributed by atoms with Crippen LogP contribution in [-0.4, -0.2) is 73.2 Å². The van der Waals surface area contributed by atoms with Crippen LogP contribution in [0, 0.1) is 0 Å². The van der Waals surface area contributed by atoms with Gasteiger partial charge in [-0.1, -0.05) is 12.1 Å². The number of hydrogen-bond acceptors (Lipinski definition) is 6. The van der Waals surface area contributed by atoms with E-state index in [2.05, 4.69) is 0 Å². The second kappa shape index (κ2) is 10.4. The maximum atomic E-state index is 12.4. The number of ether oxygens (including phenoxy) is 3. The SMILES string of the molecule is COc1ccc(OCC(=O)N2CCN(C(=O)CCOc3ccccc3O)CC2)cc1. The molecule has 1 N–H and O–H groups in total. The number of hydrogen-bond donors (Lipinski definition) is 1. The summed E-state index contributed by atoms with van der Waals surface area (Å²) in [4.78, 5) is 28.1. The first kappa shape index (κ1) is 21.3. The van der Waals surface area contributed by atoms with Crippen LogP contribution >= 0.6 is 0 Å². The number of amides is 2. The molecule has 160 valence electrons. The minimum absolute atomic E-state index is 0.0352. The van der Waals surface area contributed by atoms with Gasteiger partial charge in [-0.2, -0.15) is 0 Å². The standard InChI is InChI=1S/C22H26N2O6/c1-28-17-6-8-18(9-7-17)30-16-22(27)24-13-11-23(12-14-24)21(26)10-15-29-20-5-3-2-4-19(20)25/h2-9,25H,10-16H2,1H3. The van der Waals surface area contributed by atoms with Crippen LogP contribution in [0.1, 0.15) is 6.42 Å². The third-order valence-electron chi connectivity index (χ3n) is 4.85. The van der Waals surface area contributed by atoms with Crippen molar-refractivity contribution >= 4 is 11.8 Å². The highest BCUT2D eigenvalue weighted by atomic mass is 16.5.